The Morgan fingerprint density at radius 2 is 2.10 bits per heavy atom. The second-order valence-electron chi connectivity index (χ2n) is 7.48. The first-order valence-electron chi connectivity index (χ1n) is 10.4. The number of carbonyl (C=O) groups is 1. The van der Waals surface area contributed by atoms with Gasteiger partial charge in [-0.2, -0.15) is 0 Å². The van der Waals surface area contributed by atoms with Crippen LogP contribution >= 0.6 is 11.6 Å². The number of aryl methyl sites for hydroxylation is 1. The molecule has 3 atom stereocenters. The lowest BCUT2D eigenvalue weighted by atomic mass is 9.98. The zero-order valence-corrected chi connectivity index (χ0v) is 19.3. The summed E-state index contributed by atoms with van der Waals surface area (Å²) in [6.45, 7) is 7.13. The second-order valence-corrected chi connectivity index (χ2v) is 9.38. The lowest BCUT2D eigenvalue weighted by Gasteiger charge is -2.30. The molecule has 1 amide bonds. The van der Waals surface area contributed by atoms with Crippen LogP contribution in [-0.2, 0) is 22.2 Å². The Kier molecular flexibility index (Phi) is 10.1. The molecule has 0 aromatic heterocycles. The normalized spacial score (nSPS) is 23.2. The summed E-state index contributed by atoms with van der Waals surface area (Å²) in [4.78, 5) is 12.7. The van der Waals surface area contributed by atoms with Crippen LogP contribution < -0.4 is 5.32 Å². The minimum absolute atomic E-state index is 0.0741. The number of benzene rings is 1. The summed E-state index contributed by atoms with van der Waals surface area (Å²) < 4.78 is 14.1. The number of allylic oxidation sites excluding steroid dienone is 3. The number of piperidine rings is 1. The third-order valence-electron chi connectivity index (χ3n) is 5.19. The van der Waals surface area contributed by atoms with E-state index in [0.717, 1.165) is 38.6 Å². The van der Waals surface area contributed by atoms with Crippen molar-refractivity contribution in [1.82, 2.24) is 9.62 Å². The summed E-state index contributed by atoms with van der Waals surface area (Å²) in [6.07, 6.45) is 9.04. The van der Waals surface area contributed by atoms with Gasteiger partial charge in [-0.15, -0.1) is 0 Å². The van der Waals surface area contributed by atoms with E-state index >= 15 is 0 Å². The van der Waals surface area contributed by atoms with Gasteiger partial charge in [-0.05, 0) is 57.1 Å². The number of hydrogen-bond donors (Lipinski definition) is 1. The van der Waals surface area contributed by atoms with Crippen LogP contribution in [0.3, 0.4) is 0 Å². The van der Waals surface area contributed by atoms with Crippen molar-refractivity contribution in [3.05, 3.63) is 58.0 Å². The highest BCUT2D eigenvalue weighted by Crippen LogP contribution is 2.31. The second kappa shape index (κ2) is 12.3. The van der Waals surface area contributed by atoms with Gasteiger partial charge in [0.25, 0.3) is 0 Å². The van der Waals surface area contributed by atoms with E-state index in [-0.39, 0.29) is 17.9 Å². The van der Waals surface area contributed by atoms with Crippen molar-refractivity contribution in [1.29, 1.82) is 0 Å². The first kappa shape index (κ1) is 23.8. The Morgan fingerprint density at radius 3 is 2.76 bits per heavy atom. The molecule has 1 aliphatic heterocycles. The number of nitrogens with one attached hydrogen (secondary N) is 1. The molecule has 1 heterocycles. The molecule has 0 saturated carbocycles. The predicted molar refractivity (Wildman–Crippen MR) is 123 cm³/mol. The van der Waals surface area contributed by atoms with E-state index in [9.17, 15) is 9.00 Å². The third kappa shape index (κ3) is 7.40. The molecule has 1 saturated heterocycles. The monoisotopic (exact) mass is 436 g/mol. The van der Waals surface area contributed by atoms with Gasteiger partial charge >= 0.3 is 0 Å². The highest BCUT2D eigenvalue weighted by atomic mass is 35.5. The molecule has 6 heteroatoms. The summed E-state index contributed by atoms with van der Waals surface area (Å²) in [7, 11) is -1.25. The number of amides is 1. The fourth-order valence-corrected chi connectivity index (χ4v) is 5.06. The highest BCUT2D eigenvalue weighted by molar-refractivity contribution is 7.85. The van der Waals surface area contributed by atoms with Crippen LogP contribution in [0.2, 0.25) is 0 Å². The van der Waals surface area contributed by atoms with Crippen LogP contribution in [0, 0.1) is 5.92 Å². The fraction of sp³-hybridized carbons (Fsp3) is 0.522. The first-order chi connectivity index (χ1) is 14.0. The van der Waals surface area contributed by atoms with Crippen molar-refractivity contribution >= 4 is 28.5 Å². The maximum Gasteiger partial charge on any atom is 0.224 e. The largest absolute Gasteiger partial charge is 0.349 e. The van der Waals surface area contributed by atoms with E-state index in [0.29, 0.717) is 11.6 Å². The molecule has 160 valence electrons. The molecule has 0 spiro atoms. The molecule has 4 nitrogen and oxygen atoms in total. The minimum Gasteiger partial charge on any atom is -0.349 e. The van der Waals surface area contributed by atoms with Gasteiger partial charge < -0.3 is 5.32 Å². The Bertz CT molecular complexity index is 759. The van der Waals surface area contributed by atoms with E-state index in [1.165, 1.54) is 16.5 Å². The summed E-state index contributed by atoms with van der Waals surface area (Å²) in [5.41, 5.74) is 2.57. The number of carbonyl (C=O) groups excluding carboxylic acids is 1. The van der Waals surface area contributed by atoms with Gasteiger partial charge in [-0.25, -0.2) is 8.51 Å². The number of nitrogens with zero attached hydrogens (tertiary/aromatic N) is 1. The van der Waals surface area contributed by atoms with Gasteiger partial charge in [0.15, 0.2) is 0 Å². The SMILES string of the molecule is C/C(Cl)=C/S(=O)N1CCCC(C(=O)NC2CCc3ccccc32)C1.C/C=C\CC. The zero-order valence-electron chi connectivity index (χ0n) is 17.7. The summed E-state index contributed by atoms with van der Waals surface area (Å²) in [6, 6.07) is 8.41. The average molecular weight is 437 g/mol. The van der Waals surface area contributed by atoms with Crippen molar-refractivity contribution in [3.8, 4) is 0 Å². The van der Waals surface area contributed by atoms with E-state index in [2.05, 4.69) is 36.5 Å². The number of halogens is 1. The predicted octanol–water partition coefficient (Wildman–Crippen LogP) is 5.24. The van der Waals surface area contributed by atoms with Crippen molar-refractivity contribution in [2.24, 2.45) is 5.92 Å². The van der Waals surface area contributed by atoms with Crippen molar-refractivity contribution in [2.75, 3.05) is 13.1 Å². The topological polar surface area (TPSA) is 49.4 Å². The van der Waals surface area contributed by atoms with Gasteiger partial charge in [0.05, 0.1) is 12.0 Å². The minimum atomic E-state index is -1.25. The molecular weight excluding hydrogens is 404 g/mol. The van der Waals surface area contributed by atoms with Crippen LogP contribution in [0.5, 0.6) is 0 Å². The number of hydrogen-bond acceptors (Lipinski definition) is 2. The maximum absolute atomic E-state index is 12.7. The molecule has 1 aromatic rings. The van der Waals surface area contributed by atoms with Gasteiger partial charge in [-0.3, -0.25) is 4.79 Å². The van der Waals surface area contributed by atoms with Crippen molar-refractivity contribution in [3.63, 3.8) is 0 Å². The van der Waals surface area contributed by atoms with Crippen LogP contribution in [0.4, 0.5) is 0 Å². The van der Waals surface area contributed by atoms with Crippen LogP contribution in [0.15, 0.2) is 46.9 Å². The molecule has 1 N–H and O–H groups in total. The van der Waals surface area contributed by atoms with E-state index in [1.54, 1.807) is 6.92 Å². The molecule has 1 fully saturated rings. The zero-order chi connectivity index (χ0) is 21.2. The molecule has 1 aliphatic carbocycles. The standard InChI is InChI=1S/C18H23ClN2O2S.C5H10/c1-13(19)12-24(23)21-10-4-6-15(11-21)18(22)20-17-9-8-14-5-2-3-7-16(14)17;1-3-5-4-2/h2-3,5,7,12,15,17H,4,6,8-11H2,1H3,(H,20,22);3,5H,4H2,1-2H3/b13-12-;5-3-. The van der Waals surface area contributed by atoms with Crippen LogP contribution in [0.25, 0.3) is 0 Å². The highest BCUT2D eigenvalue weighted by Gasteiger charge is 2.31. The number of rotatable bonds is 5. The van der Waals surface area contributed by atoms with Gasteiger partial charge in [0, 0.05) is 23.5 Å². The Hall–Kier alpha value is -1.43. The van der Waals surface area contributed by atoms with Crippen LogP contribution in [0.1, 0.15) is 63.6 Å². The van der Waals surface area contributed by atoms with Crippen molar-refractivity contribution < 1.29 is 9.00 Å². The average Bonchev–Trinajstić information content (AvgIpc) is 3.11. The molecule has 3 unspecified atom stereocenters. The van der Waals surface area contributed by atoms with Gasteiger partial charge in [-0.1, -0.05) is 54.9 Å². The fourth-order valence-electron chi connectivity index (χ4n) is 3.77. The molecule has 0 bridgehead atoms. The number of fused-ring (bicyclic) bond motifs is 1. The van der Waals surface area contributed by atoms with Gasteiger partial charge in [0.2, 0.25) is 5.91 Å². The Balaban J connectivity index is 0.000000537. The molecule has 29 heavy (non-hydrogen) atoms. The molecule has 0 radical (unpaired) electrons. The van der Waals surface area contributed by atoms with E-state index in [4.69, 9.17) is 11.6 Å². The summed E-state index contributed by atoms with van der Waals surface area (Å²) in [5, 5.41) is 5.25. The van der Waals surface area contributed by atoms with Gasteiger partial charge in [0.1, 0.15) is 11.0 Å². The molecule has 3 rings (SSSR count). The maximum atomic E-state index is 12.7. The quantitative estimate of drug-likeness (QED) is 0.641. The van der Waals surface area contributed by atoms with Crippen LogP contribution in [-0.4, -0.2) is 27.5 Å². The van der Waals surface area contributed by atoms with Crippen molar-refractivity contribution in [2.45, 2.75) is 58.9 Å². The smallest absolute Gasteiger partial charge is 0.224 e. The third-order valence-corrected chi connectivity index (χ3v) is 6.83. The van der Waals surface area contributed by atoms with E-state index in [1.807, 2.05) is 23.4 Å². The summed E-state index contributed by atoms with van der Waals surface area (Å²) >= 11 is 5.81. The Morgan fingerprint density at radius 1 is 1.34 bits per heavy atom. The molecular formula is C23H33ClN2O2S. The molecule has 2 aliphatic rings. The molecule has 1 aromatic carbocycles. The Labute approximate surface area is 183 Å². The summed E-state index contributed by atoms with van der Waals surface area (Å²) in [5.74, 6) is -0.0375. The first-order valence-corrected chi connectivity index (χ1v) is 12.0. The lowest BCUT2D eigenvalue weighted by Crippen LogP contribution is -2.43. The van der Waals surface area contributed by atoms with E-state index < -0.39 is 11.0 Å². The lowest BCUT2D eigenvalue weighted by molar-refractivity contribution is -0.126.